The molecule has 0 aliphatic rings. The van der Waals surface area contributed by atoms with Crippen LogP contribution in [0.15, 0.2) is 23.4 Å². The molecular weight excluding hydrogens is 241 g/mol. The van der Waals surface area contributed by atoms with Gasteiger partial charge in [0, 0.05) is 12.5 Å². The maximum Gasteiger partial charge on any atom is 0.258 e. The molecule has 1 unspecified atom stereocenters. The molecule has 5 N–H and O–H groups in total. The summed E-state index contributed by atoms with van der Waals surface area (Å²) >= 11 is 0. The molecule has 0 radical (unpaired) electrons. The number of carbonyl (C=O) groups excluding carboxylic acids is 1. The molecule has 7 heteroatoms. The van der Waals surface area contributed by atoms with Gasteiger partial charge in [-0.1, -0.05) is 18.1 Å². The van der Waals surface area contributed by atoms with Crippen LogP contribution in [0.1, 0.15) is 17.3 Å². The summed E-state index contributed by atoms with van der Waals surface area (Å²) in [6, 6.07) is 3.58. The first-order chi connectivity index (χ1) is 8.47. The van der Waals surface area contributed by atoms with Gasteiger partial charge in [0.2, 0.25) is 0 Å². The molecule has 0 heterocycles. The molecule has 1 amide bonds. The van der Waals surface area contributed by atoms with E-state index in [2.05, 4.69) is 10.5 Å². The summed E-state index contributed by atoms with van der Waals surface area (Å²) in [4.78, 5) is 11.6. The Bertz CT molecular complexity index is 456. The molecule has 0 saturated carbocycles. The number of nitrogens with two attached hydrogens (primary N) is 1. The Morgan fingerprint density at radius 1 is 1.61 bits per heavy atom. The largest absolute Gasteiger partial charge is 0.507 e. The Labute approximate surface area is 103 Å². The standard InChI is InChI=1S/C11H14FN3O3/c1-6(10(13)15-18)5-14-11(17)9-7(12)3-2-4-8(9)16/h2-4,6,16,18H,5H2,1H3,(H2,13,15)(H,14,17). The van der Waals surface area contributed by atoms with Gasteiger partial charge in [-0.05, 0) is 12.1 Å². The maximum absolute atomic E-state index is 13.3. The van der Waals surface area contributed by atoms with Crippen molar-refractivity contribution in [3.05, 3.63) is 29.6 Å². The lowest BCUT2D eigenvalue weighted by atomic mass is 10.1. The van der Waals surface area contributed by atoms with Gasteiger partial charge in [-0.2, -0.15) is 0 Å². The van der Waals surface area contributed by atoms with E-state index in [0.29, 0.717) is 0 Å². The predicted octanol–water partition coefficient (Wildman–Crippen LogP) is 0.644. The second-order valence-electron chi connectivity index (χ2n) is 3.77. The van der Waals surface area contributed by atoms with Crippen LogP contribution in [0.25, 0.3) is 0 Å². The van der Waals surface area contributed by atoms with Crippen LogP contribution in [0.4, 0.5) is 4.39 Å². The Hall–Kier alpha value is -2.31. The van der Waals surface area contributed by atoms with E-state index in [4.69, 9.17) is 10.9 Å². The Morgan fingerprint density at radius 2 is 2.28 bits per heavy atom. The predicted molar refractivity (Wildman–Crippen MR) is 63.0 cm³/mol. The molecule has 0 aliphatic carbocycles. The van der Waals surface area contributed by atoms with Crippen LogP contribution in [-0.4, -0.2) is 28.6 Å². The van der Waals surface area contributed by atoms with E-state index in [1.807, 2.05) is 0 Å². The van der Waals surface area contributed by atoms with E-state index in [0.717, 1.165) is 6.07 Å². The van der Waals surface area contributed by atoms with Crippen molar-refractivity contribution in [2.75, 3.05) is 6.54 Å². The minimum atomic E-state index is -0.816. The zero-order chi connectivity index (χ0) is 13.7. The van der Waals surface area contributed by atoms with Gasteiger partial charge in [-0.3, -0.25) is 4.79 Å². The van der Waals surface area contributed by atoms with Crippen molar-refractivity contribution < 1.29 is 19.5 Å². The number of carbonyl (C=O) groups is 1. The highest BCUT2D eigenvalue weighted by Crippen LogP contribution is 2.19. The summed E-state index contributed by atoms with van der Waals surface area (Å²) in [5, 5.41) is 23.0. The molecule has 0 saturated heterocycles. The normalized spacial score (nSPS) is 13.1. The molecule has 1 atom stereocenters. The number of benzene rings is 1. The lowest BCUT2D eigenvalue weighted by Gasteiger charge is -2.11. The summed E-state index contributed by atoms with van der Waals surface area (Å²) in [6.45, 7) is 1.68. The second-order valence-corrected chi connectivity index (χ2v) is 3.77. The Morgan fingerprint density at radius 3 is 2.83 bits per heavy atom. The average Bonchev–Trinajstić information content (AvgIpc) is 2.34. The molecule has 0 bridgehead atoms. The van der Waals surface area contributed by atoms with Crippen LogP contribution >= 0.6 is 0 Å². The third-order valence-corrected chi connectivity index (χ3v) is 2.41. The number of nitrogens with one attached hydrogen (secondary N) is 1. The number of rotatable bonds is 4. The number of halogens is 1. The number of hydrogen-bond acceptors (Lipinski definition) is 4. The molecule has 0 aliphatic heterocycles. The molecular formula is C11H14FN3O3. The fraction of sp³-hybridized carbons (Fsp3) is 0.273. The fourth-order valence-electron chi connectivity index (χ4n) is 1.27. The number of oxime groups is 1. The molecule has 1 rings (SSSR count). The number of nitrogens with zero attached hydrogens (tertiary/aromatic N) is 1. The van der Waals surface area contributed by atoms with Crippen molar-refractivity contribution in [1.29, 1.82) is 0 Å². The van der Waals surface area contributed by atoms with Crippen LogP contribution in [0.3, 0.4) is 0 Å². The van der Waals surface area contributed by atoms with Crippen LogP contribution in [-0.2, 0) is 0 Å². The van der Waals surface area contributed by atoms with Crippen molar-refractivity contribution in [3.63, 3.8) is 0 Å². The molecule has 98 valence electrons. The highest BCUT2D eigenvalue weighted by Gasteiger charge is 2.17. The average molecular weight is 255 g/mol. The number of aromatic hydroxyl groups is 1. The van der Waals surface area contributed by atoms with Crippen molar-refractivity contribution in [3.8, 4) is 5.75 Å². The smallest absolute Gasteiger partial charge is 0.258 e. The van der Waals surface area contributed by atoms with Crippen LogP contribution in [0.2, 0.25) is 0 Å². The highest BCUT2D eigenvalue weighted by molar-refractivity contribution is 5.97. The first-order valence-corrected chi connectivity index (χ1v) is 5.20. The topological polar surface area (TPSA) is 108 Å². The third kappa shape index (κ3) is 3.09. The zero-order valence-corrected chi connectivity index (χ0v) is 9.72. The number of phenols is 1. The van der Waals surface area contributed by atoms with Crippen molar-refractivity contribution >= 4 is 11.7 Å². The first kappa shape index (κ1) is 13.8. The second kappa shape index (κ2) is 5.85. The van der Waals surface area contributed by atoms with Gasteiger partial charge in [0.1, 0.15) is 23.0 Å². The van der Waals surface area contributed by atoms with E-state index in [1.165, 1.54) is 12.1 Å². The van der Waals surface area contributed by atoms with Gasteiger partial charge in [-0.25, -0.2) is 4.39 Å². The summed E-state index contributed by atoms with van der Waals surface area (Å²) < 4.78 is 13.3. The number of phenolic OH excluding ortho intramolecular Hbond substituents is 1. The van der Waals surface area contributed by atoms with E-state index < -0.39 is 29.0 Å². The van der Waals surface area contributed by atoms with Crippen LogP contribution < -0.4 is 11.1 Å². The lowest BCUT2D eigenvalue weighted by Crippen LogP contribution is -2.35. The number of amidine groups is 1. The SMILES string of the molecule is CC(CNC(=O)c1c(O)cccc1F)/C(N)=N/O. The maximum atomic E-state index is 13.3. The summed E-state index contributed by atoms with van der Waals surface area (Å²) in [5.41, 5.74) is 4.90. The monoisotopic (exact) mass is 255 g/mol. The minimum Gasteiger partial charge on any atom is -0.507 e. The quantitative estimate of drug-likeness (QED) is 0.274. The number of hydrogen-bond donors (Lipinski definition) is 4. The molecule has 0 aromatic heterocycles. The molecule has 0 spiro atoms. The van der Waals surface area contributed by atoms with Gasteiger partial charge in [0.05, 0.1) is 0 Å². The van der Waals surface area contributed by atoms with Gasteiger partial charge < -0.3 is 21.4 Å². The van der Waals surface area contributed by atoms with Crippen molar-refractivity contribution in [1.82, 2.24) is 5.32 Å². The molecule has 1 aromatic rings. The van der Waals surface area contributed by atoms with Gasteiger partial charge in [-0.15, -0.1) is 0 Å². The van der Waals surface area contributed by atoms with Crippen molar-refractivity contribution in [2.24, 2.45) is 16.8 Å². The highest BCUT2D eigenvalue weighted by atomic mass is 19.1. The van der Waals surface area contributed by atoms with E-state index in [1.54, 1.807) is 6.92 Å². The Balaban J connectivity index is 2.72. The van der Waals surface area contributed by atoms with Gasteiger partial charge in [0.25, 0.3) is 5.91 Å². The summed E-state index contributed by atoms with van der Waals surface area (Å²) in [5.74, 6) is -2.47. The van der Waals surface area contributed by atoms with Crippen LogP contribution in [0, 0.1) is 11.7 Å². The Kier molecular flexibility index (Phi) is 4.47. The summed E-state index contributed by atoms with van der Waals surface area (Å²) in [7, 11) is 0. The van der Waals surface area contributed by atoms with Gasteiger partial charge >= 0.3 is 0 Å². The molecule has 6 nitrogen and oxygen atoms in total. The van der Waals surface area contributed by atoms with Crippen molar-refractivity contribution in [2.45, 2.75) is 6.92 Å². The zero-order valence-electron chi connectivity index (χ0n) is 9.72. The third-order valence-electron chi connectivity index (χ3n) is 2.41. The van der Waals surface area contributed by atoms with E-state index in [-0.39, 0.29) is 12.4 Å². The molecule has 1 aromatic carbocycles. The fourth-order valence-corrected chi connectivity index (χ4v) is 1.27. The summed E-state index contributed by atoms with van der Waals surface area (Å²) in [6.07, 6.45) is 0. The molecule has 18 heavy (non-hydrogen) atoms. The van der Waals surface area contributed by atoms with Crippen LogP contribution in [0.5, 0.6) is 5.75 Å². The van der Waals surface area contributed by atoms with Gasteiger partial charge in [0.15, 0.2) is 0 Å². The van der Waals surface area contributed by atoms with E-state index >= 15 is 0 Å². The van der Waals surface area contributed by atoms with E-state index in [9.17, 15) is 14.3 Å². The minimum absolute atomic E-state index is 0.0481. The number of amides is 1. The first-order valence-electron chi connectivity index (χ1n) is 5.20. The molecule has 0 fully saturated rings. The lowest BCUT2D eigenvalue weighted by molar-refractivity contribution is 0.0944.